The van der Waals surface area contributed by atoms with E-state index in [1.54, 1.807) is 0 Å². The van der Waals surface area contributed by atoms with E-state index in [9.17, 15) is 4.79 Å². The lowest BCUT2D eigenvalue weighted by molar-refractivity contribution is -0.125. The number of aryl methyl sites for hydroxylation is 3. The summed E-state index contributed by atoms with van der Waals surface area (Å²) in [6.45, 7) is 7.49. The molecule has 0 aliphatic rings. The Bertz CT molecular complexity index is 981. The molecular formula is C23H29N3O3. The normalized spacial score (nSPS) is 12.1. The predicted octanol–water partition coefficient (Wildman–Crippen LogP) is 3.95. The molecule has 0 bridgehead atoms. The SMILES string of the molecule is COCC(=O)NC(C)c1nc2ccccc2n1CCCOc1ccc(C)cc1C. The largest absolute Gasteiger partial charge is 0.493 e. The number of carbonyl (C=O) groups excluding carboxylic acids is 1. The first-order valence-corrected chi connectivity index (χ1v) is 9.93. The molecule has 0 radical (unpaired) electrons. The number of fused-ring (bicyclic) bond motifs is 1. The van der Waals surface area contributed by atoms with Gasteiger partial charge in [-0.15, -0.1) is 0 Å². The fourth-order valence-electron chi connectivity index (χ4n) is 3.50. The number of ether oxygens (including phenoxy) is 2. The van der Waals surface area contributed by atoms with Gasteiger partial charge in [0.2, 0.25) is 5.91 Å². The molecule has 3 aromatic rings. The summed E-state index contributed by atoms with van der Waals surface area (Å²) in [6, 6.07) is 14.0. The van der Waals surface area contributed by atoms with Crippen molar-refractivity contribution >= 4 is 16.9 Å². The Labute approximate surface area is 171 Å². The lowest BCUT2D eigenvalue weighted by atomic mass is 10.1. The van der Waals surface area contributed by atoms with E-state index in [1.165, 1.54) is 12.7 Å². The van der Waals surface area contributed by atoms with E-state index in [0.717, 1.165) is 41.1 Å². The van der Waals surface area contributed by atoms with Crippen LogP contribution in [0.25, 0.3) is 11.0 Å². The van der Waals surface area contributed by atoms with Crippen LogP contribution in [0.1, 0.15) is 36.3 Å². The van der Waals surface area contributed by atoms with Crippen molar-refractivity contribution in [3.63, 3.8) is 0 Å². The van der Waals surface area contributed by atoms with Gasteiger partial charge < -0.3 is 19.4 Å². The van der Waals surface area contributed by atoms with Gasteiger partial charge in [0.1, 0.15) is 18.2 Å². The summed E-state index contributed by atoms with van der Waals surface area (Å²) in [5.41, 5.74) is 4.36. The summed E-state index contributed by atoms with van der Waals surface area (Å²) in [6.07, 6.45) is 0.833. The summed E-state index contributed by atoms with van der Waals surface area (Å²) < 4.78 is 13.1. The molecule has 2 aromatic carbocycles. The Balaban J connectivity index is 1.71. The molecule has 1 amide bonds. The molecule has 3 rings (SSSR count). The number of imidazole rings is 1. The van der Waals surface area contributed by atoms with E-state index in [1.807, 2.05) is 31.2 Å². The molecule has 29 heavy (non-hydrogen) atoms. The van der Waals surface area contributed by atoms with Gasteiger partial charge in [-0.3, -0.25) is 4.79 Å². The Morgan fingerprint density at radius 1 is 1.21 bits per heavy atom. The van der Waals surface area contributed by atoms with E-state index < -0.39 is 0 Å². The maximum atomic E-state index is 11.9. The zero-order chi connectivity index (χ0) is 20.8. The average Bonchev–Trinajstić information content (AvgIpc) is 3.05. The van der Waals surface area contributed by atoms with E-state index in [2.05, 4.69) is 41.9 Å². The van der Waals surface area contributed by atoms with E-state index >= 15 is 0 Å². The van der Waals surface area contributed by atoms with E-state index in [0.29, 0.717) is 6.61 Å². The van der Waals surface area contributed by atoms with Crippen LogP contribution in [0.15, 0.2) is 42.5 Å². The van der Waals surface area contributed by atoms with Crippen LogP contribution < -0.4 is 10.1 Å². The number of carbonyl (C=O) groups is 1. The Kier molecular flexibility index (Phi) is 6.88. The van der Waals surface area contributed by atoms with Crippen molar-refractivity contribution in [3.05, 3.63) is 59.4 Å². The minimum absolute atomic E-state index is 0.0360. The van der Waals surface area contributed by atoms with Crippen molar-refractivity contribution in [2.75, 3.05) is 20.3 Å². The van der Waals surface area contributed by atoms with Gasteiger partial charge in [-0.05, 0) is 51.0 Å². The van der Waals surface area contributed by atoms with Gasteiger partial charge in [0, 0.05) is 13.7 Å². The second-order valence-corrected chi connectivity index (χ2v) is 7.30. The smallest absolute Gasteiger partial charge is 0.246 e. The molecule has 154 valence electrons. The van der Waals surface area contributed by atoms with Crippen molar-refractivity contribution in [2.24, 2.45) is 0 Å². The van der Waals surface area contributed by atoms with Crippen LogP contribution in [0.4, 0.5) is 0 Å². The lowest BCUT2D eigenvalue weighted by Crippen LogP contribution is -2.31. The van der Waals surface area contributed by atoms with Gasteiger partial charge in [0.05, 0.1) is 23.7 Å². The Morgan fingerprint density at radius 3 is 2.76 bits per heavy atom. The van der Waals surface area contributed by atoms with Crippen molar-refractivity contribution in [1.82, 2.24) is 14.9 Å². The average molecular weight is 396 g/mol. The van der Waals surface area contributed by atoms with Crippen LogP contribution in [0.3, 0.4) is 0 Å². The first-order valence-electron chi connectivity index (χ1n) is 9.93. The molecule has 0 aliphatic heterocycles. The summed E-state index contributed by atoms with van der Waals surface area (Å²) in [5.74, 6) is 1.60. The Morgan fingerprint density at radius 2 is 2.00 bits per heavy atom. The zero-order valence-electron chi connectivity index (χ0n) is 17.6. The number of methoxy groups -OCH3 is 1. The van der Waals surface area contributed by atoms with Crippen molar-refractivity contribution in [1.29, 1.82) is 0 Å². The molecule has 0 fully saturated rings. The zero-order valence-corrected chi connectivity index (χ0v) is 17.6. The molecule has 6 nitrogen and oxygen atoms in total. The third kappa shape index (κ3) is 5.15. The van der Waals surface area contributed by atoms with Crippen LogP contribution in [0.5, 0.6) is 5.75 Å². The number of amides is 1. The number of hydrogen-bond donors (Lipinski definition) is 1. The van der Waals surface area contributed by atoms with Gasteiger partial charge in [0.25, 0.3) is 0 Å². The highest BCUT2D eigenvalue weighted by atomic mass is 16.5. The summed E-state index contributed by atoms with van der Waals surface area (Å²) in [5, 5.41) is 2.95. The molecule has 6 heteroatoms. The Hall–Kier alpha value is -2.86. The van der Waals surface area contributed by atoms with Gasteiger partial charge >= 0.3 is 0 Å². The second-order valence-electron chi connectivity index (χ2n) is 7.30. The van der Waals surface area contributed by atoms with Crippen molar-refractivity contribution < 1.29 is 14.3 Å². The first-order chi connectivity index (χ1) is 14.0. The molecule has 1 atom stereocenters. The molecule has 0 spiro atoms. The quantitative estimate of drug-likeness (QED) is 0.557. The lowest BCUT2D eigenvalue weighted by Gasteiger charge is -2.16. The van der Waals surface area contributed by atoms with Gasteiger partial charge in [-0.2, -0.15) is 0 Å². The maximum absolute atomic E-state index is 11.9. The maximum Gasteiger partial charge on any atom is 0.246 e. The highest BCUT2D eigenvalue weighted by Gasteiger charge is 2.18. The van der Waals surface area contributed by atoms with E-state index in [4.69, 9.17) is 14.5 Å². The minimum Gasteiger partial charge on any atom is -0.493 e. The summed E-state index contributed by atoms with van der Waals surface area (Å²) in [4.78, 5) is 16.7. The summed E-state index contributed by atoms with van der Waals surface area (Å²) in [7, 11) is 1.51. The monoisotopic (exact) mass is 395 g/mol. The molecule has 1 unspecified atom stereocenters. The molecular weight excluding hydrogens is 366 g/mol. The molecule has 0 saturated carbocycles. The second kappa shape index (κ2) is 9.56. The number of nitrogens with zero attached hydrogens (tertiary/aromatic N) is 2. The number of nitrogens with one attached hydrogen (secondary N) is 1. The van der Waals surface area contributed by atoms with Crippen LogP contribution in [0.2, 0.25) is 0 Å². The number of para-hydroxylation sites is 2. The first kappa shape index (κ1) is 20.9. The van der Waals surface area contributed by atoms with Crippen LogP contribution >= 0.6 is 0 Å². The highest BCUT2D eigenvalue weighted by molar-refractivity contribution is 5.78. The van der Waals surface area contributed by atoms with Gasteiger partial charge in [-0.25, -0.2) is 4.98 Å². The topological polar surface area (TPSA) is 65.4 Å². The van der Waals surface area contributed by atoms with Crippen LogP contribution in [0, 0.1) is 13.8 Å². The highest BCUT2D eigenvalue weighted by Crippen LogP contribution is 2.22. The standard InChI is InChI=1S/C23H29N3O3/c1-16-10-11-21(17(2)14-16)29-13-7-12-26-20-9-6-5-8-19(20)25-23(26)18(3)24-22(27)15-28-4/h5-6,8-11,14,18H,7,12-13,15H2,1-4H3,(H,24,27). The number of hydrogen-bond acceptors (Lipinski definition) is 4. The van der Waals surface area contributed by atoms with Crippen LogP contribution in [-0.4, -0.2) is 35.8 Å². The number of aromatic nitrogens is 2. The predicted molar refractivity (Wildman–Crippen MR) is 114 cm³/mol. The summed E-state index contributed by atoms with van der Waals surface area (Å²) >= 11 is 0. The van der Waals surface area contributed by atoms with Crippen LogP contribution in [-0.2, 0) is 16.1 Å². The third-order valence-electron chi connectivity index (χ3n) is 4.84. The minimum atomic E-state index is -0.217. The van der Waals surface area contributed by atoms with Crippen molar-refractivity contribution in [2.45, 2.75) is 39.8 Å². The number of rotatable bonds is 9. The van der Waals surface area contributed by atoms with Gasteiger partial charge in [0.15, 0.2) is 0 Å². The molecule has 1 aromatic heterocycles. The fourth-order valence-corrected chi connectivity index (χ4v) is 3.50. The number of benzene rings is 2. The fraction of sp³-hybridized carbons (Fsp3) is 0.391. The molecule has 1 N–H and O–H groups in total. The van der Waals surface area contributed by atoms with Crippen molar-refractivity contribution in [3.8, 4) is 5.75 Å². The molecule has 1 heterocycles. The van der Waals surface area contributed by atoms with Gasteiger partial charge in [-0.1, -0.05) is 29.8 Å². The third-order valence-corrected chi connectivity index (χ3v) is 4.84. The molecule has 0 aliphatic carbocycles. The molecule has 0 saturated heterocycles. The van der Waals surface area contributed by atoms with E-state index in [-0.39, 0.29) is 18.6 Å².